The first-order valence-electron chi connectivity index (χ1n) is 9.86. The summed E-state index contributed by atoms with van der Waals surface area (Å²) in [7, 11) is 1.51. The molecule has 3 aromatic rings. The van der Waals surface area contributed by atoms with Crippen LogP contribution in [0.5, 0.6) is 11.6 Å². The van der Waals surface area contributed by atoms with Crippen LogP contribution in [0.1, 0.15) is 39.9 Å². The highest BCUT2D eigenvalue weighted by atomic mass is 16.5. The summed E-state index contributed by atoms with van der Waals surface area (Å²) < 4.78 is 6.41. The number of nitrogens with zero attached hydrogens (tertiary/aromatic N) is 2. The number of carbonyl (C=O) groups excluding carboxylic acids is 1. The standard InChI is InChI=1S/C23H23N3O4/c1-14-9-10-26(17-7-8-20(30-2)24-13-17)23(29)21(14)22(28)25-18-11-15-5-3-4-6-16(15)12-19(18)27/h7-13,27H,3-6H2,1-2H3,(H,25,28). The van der Waals surface area contributed by atoms with Crippen molar-refractivity contribution in [1.82, 2.24) is 9.55 Å². The average Bonchev–Trinajstić information content (AvgIpc) is 2.74. The van der Waals surface area contributed by atoms with Gasteiger partial charge >= 0.3 is 0 Å². The molecule has 2 aromatic heterocycles. The van der Waals surface area contributed by atoms with Crippen LogP contribution in [0, 0.1) is 6.92 Å². The molecule has 154 valence electrons. The smallest absolute Gasteiger partial charge is 0.268 e. The van der Waals surface area contributed by atoms with Crippen molar-refractivity contribution in [3.05, 3.63) is 75.3 Å². The first-order chi connectivity index (χ1) is 14.5. The van der Waals surface area contributed by atoms with E-state index in [2.05, 4.69) is 10.3 Å². The van der Waals surface area contributed by atoms with E-state index in [0.717, 1.165) is 36.8 Å². The zero-order valence-electron chi connectivity index (χ0n) is 16.9. The number of anilines is 1. The van der Waals surface area contributed by atoms with Gasteiger partial charge in [-0.3, -0.25) is 14.2 Å². The maximum absolute atomic E-state index is 13.1. The Morgan fingerprint density at radius 2 is 1.90 bits per heavy atom. The van der Waals surface area contributed by atoms with Gasteiger partial charge in [0.05, 0.1) is 24.7 Å². The number of phenols is 1. The molecular formula is C23H23N3O4. The van der Waals surface area contributed by atoms with Crippen molar-refractivity contribution in [2.45, 2.75) is 32.6 Å². The lowest BCUT2D eigenvalue weighted by Crippen LogP contribution is -2.29. The zero-order chi connectivity index (χ0) is 21.3. The van der Waals surface area contributed by atoms with Crippen LogP contribution < -0.4 is 15.6 Å². The summed E-state index contributed by atoms with van der Waals surface area (Å²) in [5.74, 6) is -0.114. The van der Waals surface area contributed by atoms with Crippen molar-refractivity contribution in [2.24, 2.45) is 0 Å². The largest absolute Gasteiger partial charge is 0.506 e. The second kappa shape index (κ2) is 8.02. The van der Waals surface area contributed by atoms with E-state index in [1.54, 1.807) is 37.4 Å². The van der Waals surface area contributed by atoms with Crippen LogP contribution in [0.4, 0.5) is 5.69 Å². The molecule has 0 atom stereocenters. The second-order valence-electron chi connectivity index (χ2n) is 7.41. The minimum atomic E-state index is -0.556. The molecule has 2 heterocycles. The van der Waals surface area contributed by atoms with Gasteiger partial charge in [-0.25, -0.2) is 4.98 Å². The molecule has 7 heteroatoms. The van der Waals surface area contributed by atoms with Crippen LogP contribution in [-0.2, 0) is 12.8 Å². The van der Waals surface area contributed by atoms with E-state index >= 15 is 0 Å². The van der Waals surface area contributed by atoms with Crippen molar-refractivity contribution in [3.8, 4) is 17.3 Å². The number of nitrogens with one attached hydrogen (secondary N) is 1. The number of amides is 1. The topological polar surface area (TPSA) is 93.5 Å². The third-order valence-electron chi connectivity index (χ3n) is 5.44. The zero-order valence-corrected chi connectivity index (χ0v) is 16.9. The summed E-state index contributed by atoms with van der Waals surface area (Å²) in [5, 5.41) is 13.1. The maximum Gasteiger partial charge on any atom is 0.268 e. The van der Waals surface area contributed by atoms with E-state index < -0.39 is 11.5 Å². The molecule has 30 heavy (non-hydrogen) atoms. The molecule has 0 spiro atoms. The Morgan fingerprint density at radius 3 is 2.57 bits per heavy atom. The first kappa shape index (κ1) is 19.7. The number of hydrogen-bond donors (Lipinski definition) is 2. The summed E-state index contributed by atoms with van der Waals surface area (Å²) in [4.78, 5) is 30.2. The molecule has 0 bridgehead atoms. The van der Waals surface area contributed by atoms with E-state index in [1.165, 1.54) is 17.9 Å². The lowest BCUT2D eigenvalue weighted by molar-refractivity contribution is 0.102. The summed E-state index contributed by atoms with van der Waals surface area (Å²) >= 11 is 0. The van der Waals surface area contributed by atoms with E-state index in [0.29, 0.717) is 22.8 Å². The molecule has 1 aliphatic rings. The minimum Gasteiger partial charge on any atom is -0.506 e. The Kier molecular flexibility index (Phi) is 5.27. The number of fused-ring (bicyclic) bond motifs is 1. The number of methoxy groups -OCH3 is 1. The van der Waals surface area contributed by atoms with Crippen molar-refractivity contribution in [1.29, 1.82) is 0 Å². The van der Waals surface area contributed by atoms with Crippen LogP contribution in [0.2, 0.25) is 0 Å². The molecule has 1 aromatic carbocycles. The second-order valence-corrected chi connectivity index (χ2v) is 7.41. The van der Waals surface area contributed by atoms with Gasteiger partial charge in [0.25, 0.3) is 11.5 Å². The van der Waals surface area contributed by atoms with Gasteiger partial charge in [0.2, 0.25) is 5.88 Å². The number of ether oxygens (including phenoxy) is 1. The van der Waals surface area contributed by atoms with E-state index in [1.807, 2.05) is 6.07 Å². The lowest BCUT2D eigenvalue weighted by Gasteiger charge is -2.18. The molecule has 0 unspecified atom stereocenters. The van der Waals surface area contributed by atoms with Gasteiger partial charge < -0.3 is 15.2 Å². The van der Waals surface area contributed by atoms with Gasteiger partial charge in [0, 0.05) is 12.3 Å². The molecule has 4 rings (SSSR count). The Labute approximate surface area is 174 Å². The van der Waals surface area contributed by atoms with Gasteiger partial charge in [-0.2, -0.15) is 0 Å². The number of phenolic OH excluding ortho intramolecular Hbond substituents is 1. The van der Waals surface area contributed by atoms with Crippen molar-refractivity contribution in [3.63, 3.8) is 0 Å². The summed E-state index contributed by atoms with van der Waals surface area (Å²) in [6.45, 7) is 1.71. The van der Waals surface area contributed by atoms with Crippen LogP contribution >= 0.6 is 0 Å². The first-order valence-corrected chi connectivity index (χ1v) is 9.86. The molecular weight excluding hydrogens is 382 g/mol. The molecule has 0 saturated carbocycles. The number of aromatic nitrogens is 2. The molecule has 1 aliphatic carbocycles. The Balaban J connectivity index is 1.68. The quantitative estimate of drug-likeness (QED) is 0.649. The Bertz CT molecular complexity index is 1170. The van der Waals surface area contributed by atoms with Crippen molar-refractivity contribution < 1.29 is 14.6 Å². The number of hydrogen-bond acceptors (Lipinski definition) is 5. The monoisotopic (exact) mass is 405 g/mol. The fourth-order valence-corrected chi connectivity index (χ4v) is 3.80. The predicted octanol–water partition coefficient (Wildman–Crippen LogP) is 3.39. The molecule has 0 aliphatic heterocycles. The molecule has 0 radical (unpaired) electrons. The van der Waals surface area contributed by atoms with Gasteiger partial charge in [0.1, 0.15) is 11.3 Å². The van der Waals surface area contributed by atoms with Gasteiger partial charge in [-0.15, -0.1) is 0 Å². The molecule has 7 nitrogen and oxygen atoms in total. The third kappa shape index (κ3) is 3.66. The van der Waals surface area contributed by atoms with Crippen LogP contribution in [-0.4, -0.2) is 27.7 Å². The number of rotatable bonds is 4. The van der Waals surface area contributed by atoms with Crippen molar-refractivity contribution in [2.75, 3.05) is 12.4 Å². The van der Waals surface area contributed by atoms with Gasteiger partial charge in [-0.05, 0) is 73.6 Å². The number of carbonyl (C=O) groups is 1. The highest BCUT2D eigenvalue weighted by Crippen LogP contribution is 2.32. The van der Waals surface area contributed by atoms with Crippen molar-refractivity contribution >= 4 is 11.6 Å². The SMILES string of the molecule is COc1ccc(-n2ccc(C)c(C(=O)Nc3cc4c(cc3O)CCCC4)c2=O)cn1. The third-order valence-corrected chi connectivity index (χ3v) is 5.44. The van der Waals surface area contributed by atoms with Gasteiger partial charge in [0.15, 0.2) is 0 Å². The molecule has 0 saturated heterocycles. The number of pyridine rings is 2. The molecule has 0 fully saturated rings. The fourth-order valence-electron chi connectivity index (χ4n) is 3.80. The van der Waals surface area contributed by atoms with E-state index in [4.69, 9.17) is 4.74 Å². The molecule has 1 amide bonds. The van der Waals surface area contributed by atoms with Gasteiger partial charge in [-0.1, -0.05) is 0 Å². The summed E-state index contributed by atoms with van der Waals surface area (Å²) in [6.07, 6.45) is 7.14. The highest BCUT2D eigenvalue weighted by Gasteiger charge is 2.20. The fraction of sp³-hybridized carbons (Fsp3) is 0.261. The minimum absolute atomic E-state index is 0.0114. The number of benzene rings is 1. The highest BCUT2D eigenvalue weighted by molar-refractivity contribution is 6.05. The summed E-state index contributed by atoms with van der Waals surface area (Å²) in [5.41, 5.74) is 3.19. The van der Waals surface area contributed by atoms with Crippen LogP contribution in [0.25, 0.3) is 5.69 Å². The maximum atomic E-state index is 13.1. The van der Waals surface area contributed by atoms with E-state index in [-0.39, 0.29) is 11.3 Å². The Morgan fingerprint density at radius 1 is 1.17 bits per heavy atom. The number of aryl methyl sites for hydroxylation is 3. The Hall–Kier alpha value is -3.61. The average molecular weight is 405 g/mol. The molecule has 2 N–H and O–H groups in total. The van der Waals surface area contributed by atoms with E-state index in [9.17, 15) is 14.7 Å². The lowest BCUT2D eigenvalue weighted by atomic mass is 9.91. The van der Waals surface area contributed by atoms with Crippen LogP contribution in [0.15, 0.2) is 47.5 Å². The predicted molar refractivity (Wildman–Crippen MR) is 114 cm³/mol. The summed E-state index contributed by atoms with van der Waals surface area (Å²) in [6, 6.07) is 8.56. The number of aromatic hydroxyl groups is 1. The normalized spacial score (nSPS) is 12.9. The van der Waals surface area contributed by atoms with Crippen LogP contribution in [0.3, 0.4) is 0 Å².